The molecule has 0 unspecified atom stereocenters. The molecule has 0 radical (unpaired) electrons. The van der Waals surface area contributed by atoms with Gasteiger partial charge in [0.1, 0.15) is 17.3 Å². The van der Waals surface area contributed by atoms with Crippen molar-refractivity contribution >= 4 is 17.7 Å². The Morgan fingerprint density at radius 3 is 2.70 bits per heavy atom. The zero-order chi connectivity index (χ0) is 19.1. The van der Waals surface area contributed by atoms with Crippen LogP contribution in [0.15, 0.2) is 47.5 Å². The Balaban J connectivity index is 2.06. The topological polar surface area (TPSA) is 90.4 Å². The van der Waals surface area contributed by atoms with Crippen molar-refractivity contribution in [2.45, 2.75) is 13.5 Å². The van der Waals surface area contributed by atoms with Gasteiger partial charge in [-0.15, -0.1) is 0 Å². The Morgan fingerprint density at radius 2 is 2.00 bits per heavy atom. The fourth-order valence-electron chi connectivity index (χ4n) is 3.26. The summed E-state index contributed by atoms with van der Waals surface area (Å²) in [5.74, 6) is 0.0241. The van der Waals surface area contributed by atoms with Crippen LogP contribution >= 0.6 is 0 Å². The summed E-state index contributed by atoms with van der Waals surface area (Å²) in [6.45, 7) is 1.82. The lowest BCUT2D eigenvalue weighted by molar-refractivity contribution is -0.384. The predicted octanol–water partition coefficient (Wildman–Crippen LogP) is 3.39. The monoisotopic (exact) mass is 364 g/mol. The van der Waals surface area contributed by atoms with Gasteiger partial charge in [0.05, 0.1) is 28.6 Å². The number of carbonyl (C=O) groups is 1. The molecule has 0 saturated carbocycles. The van der Waals surface area contributed by atoms with Crippen LogP contribution < -0.4 is 0 Å². The quantitative estimate of drug-likeness (QED) is 0.405. The van der Waals surface area contributed by atoms with Crippen molar-refractivity contribution in [1.82, 2.24) is 9.55 Å². The minimum absolute atomic E-state index is 0.112. The number of rotatable bonds is 3. The van der Waals surface area contributed by atoms with Gasteiger partial charge in [0.15, 0.2) is 6.29 Å². The van der Waals surface area contributed by atoms with Crippen molar-refractivity contribution in [3.63, 3.8) is 0 Å². The number of nitro groups is 1. The second-order valence-corrected chi connectivity index (χ2v) is 6.06. The number of aromatic nitrogens is 2. The zero-order valence-corrected chi connectivity index (χ0v) is 14.2. The molecule has 0 amide bonds. The molecular formula is C19H13FN4O3. The van der Waals surface area contributed by atoms with Gasteiger partial charge in [-0.2, -0.15) is 0 Å². The highest BCUT2D eigenvalue weighted by Crippen LogP contribution is 2.30. The number of hydrogen-bond donors (Lipinski definition) is 0. The van der Waals surface area contributed by atoms with Gasteiger partial charge in [-0.05, 0) is 25.1 Å². The summed E-state index contributed by atoms with van der Waals surface area (Å²) in [5, 5.41) is 11.3. The van der Waals surface area contributed by atoms with E-state index in [0.29, 0.717) is 34.7 Å². The van der Waals surface area contributed by atoms with Gasteiger partial charge in [0, 0.05) is 23.3 Å². The minimum atomic E-state index is -0.523. The summed E-state index contributed by atoms with van der Waals surface area (Å²) < 4.78 is 16.1. The maximum absolute atomic E-state index is 14.4. The second-order valence-electron chi connectivity index (χ2n) is 6.06. The predicted molar refractivity (Wildman–Crippen MR) is 96.1 cm³/mol. The highest BCUT2D eigenvalue weighted by molar-refractivity contribution is 6.15. The lowest BCUT2D eigenvalue weighted by atomic mass is 9.99. The lowest BCUT2D eigenvalue weighted by Crippen LogP contribution is -2.11. The SMILES string of the molecule is Cc1nc2n(c1C=O)-c1ccc([N+](=O)[O-])cc1C(c1ccccc1F)=NC2. The van der Waals surface area contributed by atoms with Crippen molar-refractivity contribution in [1.29, 1.82) is 0 Å². The van der Waals surface area contributed by atoms with E-state index in [9.17, 15) is 19.3 Å². The maximum Gasteiger partial charge on any atom is 0.270 e. The van der Waals surface area contributed by atoms with E-state index in [2.05, 4.69) is 9.98 Å². The maximum atomic E-state index is 14.4. The van der Waals surface area contributed by atoms with Gasteiger partial charge >= 0.3 is 0 Å². The summed E-state index contributed by atoms with van der Waals surface area (Å²) in [6.07, 6.45) is 0.686. The first-order valence-electron chi connectivity index (χ1n) is 8.13. The van der Waals surface area contributed by atoms with Gasteiger partial charge in [-0.1, -0.05) is 12.1 Å². The molecular weight excluding hydrogens is 351 g/mol. The smallest absolute Gasteiger partial charge is 0.270 e. The number of carbonyl (C=O) groups excluding carboxylic acids is 1. The molecule has 0 atom stereocenters. The first-order valence-corrected chi connectivity index (χ1v) is 8.13. The van der Waals surface area contributed by atoms with Crippen molar-refractivity contribution < 1.29 is 14.1 Å². The molecule has 0 N–H and O–H groups in total. The summed E-state index contributed by atoms with van der Waals surface area (Å²) in [7, 11) is 0. The van der Waals surface area contributed by atoms with Gasteiger partial charge in [-0.25, -0.2) is 9.37 Å². The van der Waals surface area contributed by atoms with E-state index >= 15 is 0 Å². The third-order valence-corrected chi connectivity index (χ3v) is 4.47. The Hall–Kier alpha value is -3.68. The van der Waals surface area contributed by atoms with E-state index in [4.69, 9.17) is 0 Å². The number of hydrogen-bond acceptors (Lipinski definition) is 5. The normalized spacial score (nSPS) is 12.6. The molecule has 2 heterocycles. The van der Waals surface area contributed by atoms with Crippen molar-refractivity contribution in [3.8, 4) is 5.69 Å². The van der Waals surface area contributed by atoms with Crippen LogP contribution in [0, 0.1) is 22.9 Å². The largest absolute Gasteiger partial charge is 0.296 e. The summed E-state index contributed by atoms with van der Waals surface area (Å²) in [4.78, 5) is 31.2. The van der Waals surface area contributed by atoms with Crippen LogP contribution in [0.4, 0.5) is 10.1 Å². The Kier molecular flexibility index (Phi) is 3.88. The van der Waals surface area contributed by atoms with Crippen molar-refractivity contribution in [2.75, 3.05) is 0 Å². The van der Waals surface area contributed by atoms with E-state index in [1.54, 1.807) is 29.7 Å². The number of aliphatic imine (C=N–C) groups is 1. The molecule has 0 saturated heterocycles. The molecule has 7 nitrogen and oxygen atoms in total. The van der Waals surface area contributed by atoms with Crippen LogP contribution in [0.1, 0.15) is 33.1 Å². The van der Waals surface area contributed by atoms with Crippen LogP contribution in [0.2, 0.25) is 0 Å². The number of nitrogens with zero attached hydrogens (tertiary/aromatic N) is 4. The van der Waals surface area contributed by atoms with E-state index in [1.807, 2.05) is 0 Å². The number of imidazole rings is 1. The van der Waals surface area contributed by atoms with E-state index in [1.165, 1.54) is 24.3 Å². The Labute approximate surface area is 153 Å². The molecule has 1 aromatic heterocycles. The van der Waals surface area contributed by atoms with Gasteiger partial charge in [0.2, 0.25) is 0 Å². The molecule has 8 heteroatoms. The third kappa shape index (κ3) is 2.62. The lowest BCUT2D eigenvalue weighted by Gasteiger charge is -2.13. The molecule has 0 bridgehead atoms. The van der Waals surface area contributed by atoms with Gasteiger partial charge in [0.25, 0.3) is 5.69 Å². The molecule has 0 fully saturated rings. The highest BCUT2D eigenvalue weighted by atomic mass is 19.1. The van der Waals surface area contributed by atoms with Gasteiger partial charge in [-0.3, -0.25) is 24.5 Å². The number of non-ortho nitro benzene ring substituents is 1. The number of benzene rings is 2. The first-order chi connectivity index (χ1) is 13.0. The molecule has 3 aromatic rings. The summed E-state index contributed by atoms with van der Waals surface area (Å²) in [6, 6.07) is 10.3. The van der Waals surface area contributed by atoms with Crippen LogP contribution in [-0.2, 0) is 6.54 Å². The zero-order valence-electron chi connectivity index (χ0n) is 14.2. The van der Waals surface area contributed by atoms with Crippen molar-refractivity contribution in [3.05, 3.63) is 86.7 Å². The van der Waals surface area contributed by atoms with E-state index in [-0.39, 0.29) is 23.5 Å². The van der Waals surface area contributed by atoms with Crippen LogP contribution in [-0.4, -0.2) is 26.5 Å². The third-order valence-electron chi connectivity index (χ3n) is 4.47. The highest BCUT2D eigenvalue weighted by Gasteiger charge is 2.26. The molecule has 1 aliphatic heterocycles. The molecule has 0 aliphatic carbocycles. The molecule has 4 rings (SSSR count). The standard InChI is InChI=1S/C19H13FN4O3/c1-11-17(10-25)23-16-7-6-12(24(26)27)8-14(16)19(21-9-18(23)22-11)13-4-2-3-5-15(13)20/h2-8,10H,9H2,1H3. The van der Waals surface area contributed by atoms with Crippen LogP contribution in [0.5, 0.6) is 0 Å². The second kappa shape index (κ2) is 6.24. The van der Waals surface area contributed by atoms with Crippen LogP contribution in [0.25, 0.3) is 5.69 Å². The molecule has 0 spiro atoms. The molecule has 134 valence electrons. The van der Waals surface area contributed by atoms with E-state index < -0.39 is 10.7 Å². The summed E-state index contributed by atoms with van der Waals surface area (Å²) in [5.41, 5.74) is 2.11. The Morgan fingerprint density at radius 1 is 1.22 bits per heavy atom. The minimum Gasteiger partial charge on any atom is -0.296 e. The fraction of sp³-hybridized carbons (Fsp3) is 0.105. The average molecular weight is 364 g/mol. The summed E-state index contributed by atoms with van der Waals surface area (Å²) >= 11 is 0. The molecule has 27 heavy (non-hydrogen) atoms. The molecule has 2 aromatic carbocycles. The number of nitro benzene ring substituents is 1. The fourth-order valence-corrected chi connectivity index (χ4v) is 3.26. The number of fused-ring (bicyclic) bond motifs is 3. The first kappa shape index (κ1) is 16.8. The van der Waals surface area contributed by atoms with E-state index in [0.717, 1.165) is 0 Å². The average Bonchev–Trinajstić information content (AvgIpc) is 2.89. The number of aldehydes is 1. The number of aryl methyl sites for hydroxylation is 1. The molecule has 1 aliphatic rings. The Bertz CT molecular complexity index is 1130. The van der Waals surface area contributed by atoms with Crippen LogP contribution in [0.3, 0.4) is 0 Å². The van der Waals surface area contributed by atoms with Gasteiger partial charge < -0.3 is 0 Å². The number of halogens is 1. The van der Waals surface area contributed by atoms with Crippen molar-refractivity contribution in [2.24, 2.45) is 4.99 Å².